The van der Waals surface area contributed by atoms with Gasteiger partial charge in [0.15, 0.2) is 12.6 Å². The maximum absolute atomic E-state index is 11.5. The third kappa shape index (κ3) is 7.85. The van der Waals surface area contributed by atoms with E-state index in [0.717, 1.165) is 36.8 Å². The summed E-state index contributed by atoms with van der Waals surface area (Å²) in [5, 5.41) is 9.22. The summed E-state index contributed by atoms with van der Waals surface area (Å²) in [6.07, 6.45) is 2.47. The van der Waals surface area contributed by atoms with E-state index in [2.05, 4.69) is 20.9 Å². The molecule has 1 aromatic heterocycles. The Morgan fingerprint density at radius 1 is 1.11 bits per heavy atom. The normalized spacial score (nSPS) is 11.1. The topological polar surface area (TPSA) is 87.9 Å². The maximum Gasteiger partial charge on any atom is 0.257 e. The number of carbonyl (C=O) groups excluding carboxylic acids is 1. The monoisotopic (exact) mass is 372 g/mol. The van der Waals surface area contributed by atoms with Gasteiger partial charge in [0.1, 0.15) is 11.5 Å². The minimum Gasteiger partial charge on any atom is -0.484 e. The molecule has 1 heterocycles. The van der Waals surface area contributed by atoms with Crippen LogP contribution in [0.1, 0.15) is 25.2 Å². The molecular formula is C20H28N4O3. The Balaban J connectivity index is 1.86. The summed E-state index contributed by atoms with van der Waals surface area (Å²) < 4.78 is 10.8. The van der Waals surface area contributed by atoms with Crippen LogP contribution in [0.15, 0.2) is 52.1 Å². The van der Waals surface area contributed by atoms with Crippen LogP contribution >= 0.6 is 0 Å². The molecule has 1 aromatic carbocycles. The average molecular weight is 372 g/mol. The van der Waals surface area contributed by atoms with Crippen molar-refractivity contribution < 1.29 is 13.9 Å². The van der Waals surface area contributed by atoms with Crippen LogP contribution in [0.5, 0.6) is 5.75 Å². The van der Waals surface area contributed by atoms with E-state index in [1.165, 1.54) is 0 Å². The van der Waals surface area contributed by atoms with Crippen LogP contribution in [-0.2, 0) is 17.8 Å². The lowest BCUT2D eigenvalue weighted by Crippen LogP contribution is -2.38. The first-order chi connectivity index (χ1) is 13.2. The van der Waals surface area contributed by atoms with Crippen molar-refractivity contribution in [1.29, 1.82) is 0 Å². The van der Waals surface area contributed by atoms with E-state index in [1.807, 2.05) is 50.2 Å². The van der Waals surface area contributed by atoms with Crippen LogP contribution < -0.4 is 20.7 Å². The van der Waals surface area contributed by atoms with Crippen molar-refractivity contribution >= 4 is 11.9 Å². The van der Waals surface area contributed by atoms with Crippen molar-refractivity contribution in [1.82, 2.24) is 16.0 Å². The zero-order valence-electron chi connectivity index (χ0n) is 16.0. The Kier molecular flexibility index (Phi) is 8.76. The number of furan rings is 1. The Bertz CT molecular complexity index is 714. The fourth-order valence-electron chi connectivity index (χ4n) is 2.40. The molecule has 3 N–H and O–H groups in total. The summed E-state index contributed by atoms with van der Waals surface area (Å²) in [6.45, 7) is 6.53. The molecular weight excluding hydrogens is 344 g/mol. The van der Waals surface area contributed by atoms with E-state index >= 15 is 0 Å². The van der Waals surface area contributed by atoms with Crippen LogP contribution in [0, 0.1) is 0 Å². The van der Waals surface area contributed by atoms with Crippen LogP contribution in [0.2, 0.25) is 0 Å². The summed E-state index contributed by atoms with van der Waals surface area (Å²) in [5.74, 6) is 2.22. The molecule has 0 unspecified atom stereocenters. The molecule has 0 aliphatic heterocycles. The second-order valence-corrected chi connectivity index (χ2v) is 5.84. The van der Waals surface area contributed by atoms with E-state index in [-0.39, 0.29) is 12.5 Å². The second-order valence-electron chi connectivity index (χ2n) is 5.84. The zero-order valence-corrected chi connectivity index (χ0v) is 16.0. The summed E-state index contributed by atoms with van der Waals surface area (Å²) >= 11 is 0. The van der Waals surface area contributed by atoms with E-state index < -0.39 is 0 Å². The molecule has 2 aromatic rings. The van der Waals surface area contributed by atoms with Gasteiger partial charge in [-0.2, -0.15) is 0 Å². The second kappa shape index (κ2) is 11.6. The molecule has 7 heteroatoms. The van der Waals surface area contributed by atoms with Crippen molar-refractivity contribution in [3.63, 3.8) is 0 Å². The minimum atomic E-state index is -0.129. The van der Waals surface area contributed by atoms with Gasteiger partial charge in [0.2, 0.25) is 0 Å². The fraction of sp³-hybridized carbons (Fsp3) is 0.400. The van der Waals surface area contributed by atoms with Gasteiger partial charge in [-0.3, -0.25) is 4.79 Å². The quantitative estimate of drug-likeness (QED) is 0.439. The van der Waals surface area contributed by atoms with Gasteiger partial charge in [0.05, 0.1) is 12.8 Å². The average Bonchev–Trinajstić information content (AvgIpc) is 3.18. The molecule has 27 heavy (non-hydrogen) atoms. The summed E-state index contributed by atoms with van der Waals surface area (Å²) in [7, 11) is 0. The number of ether oxygens (including phenoxy) is 1. The van der Waals surface area contributed by atoms with E-state index in [1.54, 1.807) is 6.26 Å². The van der Waals surface area contributed by atoms with Crippen molar-refractivity contribution in [2.75, 3.05) is 26.2 Å². The molecule has 0 atom stereocenters. The Labute approximate surface area is 160 Å². The molecule has 0 spiro atoms. The number of hydrogen-bond donors (Lipinski definition) is 3. The SMILES string of the molecule is CCNC(=O)COc1cccc(CN=C(NCC)NCCc2ccco2)c1. The lowest BCUT2D eigenvalue weighted by Gasteiger charge is -2.11. The van der Waals surface area contributed by atoms with E-state index in [0.29, 0.717) is 18.8 Å². The zero-order chi connectivity index (χ0) is 19.3. The number of rotatable bonds is 10. The van der Waals surface area contributed by atoms with Crippen LogP contribution in [0.3, 0.4) is 0 Å². The molecule has 146 valence electrons. The highest BCUT2D eigenvalue weighted by Crippen LogP contribution is 2.14. The van der Waals surface area contributed by atoms with Crippen molar-refractivity contribution in [3.05, 3.63) is 54.0 Å². The number of likely N-dealkylation sites (N-methyl/N-ethyl adjacent to an activating group) is 1. The first kappa shape index (κ1) is 20.4. The third-order valence-electron chi connectivity index (χ3n) is 3.65. The van der Waals surface area contributed by atoms with Crippen LogP contribution in [0.25, 0.3) is 0 Å². The lowest BCUT2D eigenvalue weighted by atomic mass is 10.2. The highest BCUT2D eigenvalue weighted by Gasteiger charge is 2.03. The van der Waals surface area contributed by atoms with Gasteiger partial charge in [0.25, 0.3) is 5.91 Å². The molecule has 0 bridgehead atoms. The Hall–Kier alpha value is -2.96. The van der Waals surface area contributed by atoms with E-state index in [4.69, 9.17) is 9.15 Å². The van der Waals surface area contributed by atoms with Crippen molar-refractivity contribution in [2.45, 2.75) is 26.8 Å². The molecule has 1 amide bonds. The minimum absolute atomic E-state index is 0.0114. The molecule has 0 radical (unpaired) electrons. The number of amides is 1. The van der Waals surface area contributed by atoms with Gasteiger partial charge >= 0.3 is 0 Å². The number of carbonyl (C=O) groups is 1. The molecule has 0 aliphatic carbocycles. The molecule has 0 saturated heterocycles. The smallest absolute Gasteiger partial charge is 0.257 e. The fourth-order valence-corrected chi connectivity index (χ4v) is 2.40. The van der Waals surface area contributed by atoms with Gasteiger partial charge in [-0.25, -0.2) is 4.99 Å². The summed E-state index contributed by atoms with van der Waals surface area (Å²) in [5.41, 5.74) is 1.01. The maximum atomic E-state index is 11.5. The molecule has 0 aliphatic rings. The number of nitrogens with one attached hydrogen (secondary N) is 3. The standard InChI is InChI=1S/C20H28N4O3/c1-3-21-19(25)15-27-18-8-5-7-16(13-18)14-24-20(22-4-2)23-11-10-17-9-6-12-26-17/h5-9,12-13H,3-4,10-11,14-15H2,1-2H3,(H,21,25)(H2,22,23,24). The predicted molar refractivity (Wildman–Crippen MR) is 106 cm³/mol. The van der Waals surface area contributed by atoms with Gasteiger partial charge < -0.3 is 25.1 Å². The Morgan fingerprint density at radius 3 is 2.70 bits per heavy atom. The third-order valence-corrected chi connectivity index (χ3v) is 3.65. The number of hydrogen-bond acceptors (Lipinski definition) is 4. The number of guanidine groups is 1. The number of aliphatic imine (C=N–C) groups is 1. The van der Waals surface area contributed by atoms with Gasteiger partial charge in [-0.15, -0.1) is 0 Å². The summed E-state index contributed by atoms with van der Waals surface area (Å²) in [4.78, 5) is 16.1. The summed E-state index contributed by atoms with van der Waals surface area (Å²) in [6, 6.07) is 11.5. The molecule has 7 nitrogen and oxygen atoms in total. The van der Waals surface area contributed by atoms with Crippen molar-refractivity contribution in [2.24, 2.45) is 4.99 Å². The Morgan fingerprint density at radius 2 is 1.96 bits per heavy atom. The first-order valence-corrected chi connectivity index (χ1v) is 9.24. The molecule has 0 fully saturated rings. The number of nitrogens with zero attached hydrogens (tertiary/aromatic N) is 1. The van der Waals surface area contributed by atoms with Crippen molar-refractivity contribution in [3.8, 4) is 5.75 Å². The first-order valence-electron chi connectivity index (χ1n) is 9.24. The van der Waals surface area contributed by atoms with Gasteiger partial charge in [-0.1, -0.05) is 12.1 Å². The highest BCUT2D eigenvalue weighted by atomic mass is 16.5. The number of benzene rings is 1. The van der Waals surface area contributed by atoms with E-state index in [9.17, 15) is 4.79 Å². The van der Waals surface area contributed by atoms with Crippen LogP contribution in [-0.4, -0.2) is 38.1 Å². The predicted octanol–water partition coefficient (Wildman–Crippen LogP) is 2.09. The largest absolute Gasteiger partial charge is 0.484 e. The molecule has 0 saturated carbocycles. The van der Waals surface area contributed by atoms with Crippen LogP contribution in [0.4, 0.5) is 0 Å². The lowest BCUT2D eigenvalue weighted by molar-refractivity contribution is -0.122. The highest BCUT2D eigenvalue weighted by molar-refractivity contribution is 5.79. The van der Waals surface area contributed by atoms with Gasteiger partial charge in [0, 0.05) is 26.1 Å². The van der Waals surface area contributed by atoms with Gasteiger partial charge in [-0.05, 0) is 43.7 Å². The molecule has 2 rings (SSSR count).